The Morgan fingerprint density at radius 2 is 2.43 bits per heavy atom. The number of hydrazine groups is 2. The third kappa shape index (κ3) is 5.94. The van der Waals surface area contributed by atoms with Gasteiger partial charge in [-0.25, -0.2) is 5.43 Å². The van der Waals surface area contributed by atoms with E-state index in [1.807, 2.05) is 6.82 Å². The minimum atomic E-state index is 0.896. The van der Waals surface area contributed by atoms with Gasteiger partial charge < -0.3 is 0 Å². The van der Waals surface area contributed by atoms with E-state index in [1.54, 1.807) is 0 Å². The molecule has 41 valence electrons. The molecule has 0 aliphatic rings. The minimum Gasteiger partial charge on any atom is -0.258 e. The summed E-state index contributed by atoms with van der Waals surface area (Å²) in [5, 5.41) is 0. The molecule has 4 N–H and O–H groups in total. The van der Waals surface area contributed by atoms with Gasteiger partial charge in [-0.15, -0.1) is 0 Å². The first-order chi connectivity index (χ1) is 3.41. The van der Waals surface area contributed by atoms with E-state index in [0.717, 1.165) is 12.9 Å². The second-order valence-electron chi connectivity index (χ2n) is 1.27. The SMILES string of the molecule is C[B]CCNNN. The van der Waals surface area contributed by atoms with Crippen LogP contribution in [0.5, 0.6) is 0 Å². The zero-order valence-corrected chi connectivity index (χ0v) is 4.57. The lowest BCUT2D eigenvalue weighted by molar-refractivity contribution is 0.575. The fraction of sp³-hybridized carbons (Fsp3) is 1.00. The van der Waals surface area contributed by atoms with Gasteiger partial charge in [-0.2, -0.15) is 5.53 Å². The standard InChI is InChI=1S/C3H11BN3/c1-4-2-3-6-7-5/h6-7H,2-3,5H2,1H3. The van der Waals surface area contributed by atoms with Gasteiger partial charge in [0.2, 0.25) is 0 Å². The van der Waals surface area contributed by atoms with E-state index in [0.29, 0.717) is 0 Å². The van der Waals surface area contributed by atoms with E-state index in [1.165, 1.54) is 0 Å². The Morgan fingerprint density at radius 3 is 2.86 bits per heavy atom. The summed E-state index contributed by atoms with van der Waals surface area (Å²) in [4.78, 5) is 0. The molecule has 0 atom stereocenters. The first kappa shape index (κ1) is 6.94. The van der Waals surface area contributed by atoms with Crippen molar-refractivity contribution < 1.29 is 0 Å². The van der Waals surface area contributed by atoms with Crippen LogP contribution in [0.1, 0.15) is 0 Å². The van der Waals surface area contributed by atoms with Crippen molar-refractivity contribution in [1.82, 2.24) is 11.0 Å². The molecular formula is C3H11BN3. The minimum absolute atomic E-state index is 0.896. The monoisotopic (exact) mass is 100 g/mol. The maximum absolute atomic E-state index is 4.89. The van der Waals surface area contributed by atoms with Gasteiger partial charge in [-0.1, -0.05) is 13.1 Å². The Morgan fingerprint density at radius 1 is 1.71 bits per heavy atom. The van der Waals surface area contributed by atoms with E-state index in [9.17, 15) is 0 Å². The van der Waals surface area contributed by atoms with E-state index >= 15 is 0 Å². The molecule has 0 aromatic rings. The molecule has 0 saturated heterocycles. The van der Waals surface area contributed by atoms with Gasteiger partial charge in [0, 0.05) is 6.54 Å². The Bertz CT molecular complexity index is 29.4. The summed E-state index contributed by atoms with van der Waals surface area (Å²) in [5.74, 6) is 4.89. The second-order valence-corrected chi connectivity index (χ2v) is 1.27. The zero-order valence-electron chi connectivity index (χ0n) is 4.57. The zero-order chi connectivity index (χ0) is 5.54. The summed E-state index contributed by atoms with van der Waals surface area (Å²) in [7, 11) is 2.07. The van der Waals surface area contributed by atoms with Crippen LogP contribution in [0, 0.1) is 0 Å². The highest BCUT2D eigenvalue weighted by Gasteiger charge is 1.78. The van der Waals surface area contributed by atoms with Crippen LogP contribution in [0.2, 0.25) is 13.1 Å². The van der Waals surface area contributed by atoms with Crippen LogP contribution in [0.15, 0.2) is 0 Å². The van der Waals surface area contributed by atoms with Gasteiger partial charge in [0.05, 0.1) is 0 Å². The van der Waals surface area contributed by atoms with Crippen LogP contribution in [0.25, 0.3) is 0 Å². The van der Waals surface area contributed by atoms with Crippen molar-refractivity contribution in [3.8, 4) is 0 Å². The third-order valence-electron chi connectivity index (χ3n) is 0.660. The molecule has 0 aliphatic heterocycles. The Labute approximate surface area is 44.8 Å². The predicted molar refractivity (Wildman–Crippen MR) is 31.8 cm³/mol. The van der Waals surface area contributed by atoms with Gasteiger partial charge in [-0.05, 0) is 0 Å². The second kappa shape index (κ2) is 5.94. The molecule has 1 radical (unpaired) electrons. The average molecular weight is 100.0 g/mol. The fourth-order valence-electron chi connectivity index (χ4n) is 0.289. The van der Waals surface area contributed by atoms with Crippen molar-refractivity contribution in [2.75, 3.05) is 6.54 Å². The molecule has 0 spiro atoms. The summed E-state index contributed by atoms with van der Waals surface area (Å²) in [6.45, 7) is 2.91. The van der Waals surface area contributed by atoms with Crippen LogP contribution in [0.4, 0.5) is 0 Å². The van der Waals surface area contributed by atoms with Crippen molar-refractivity contribution in [2.24, 2.45) is 5.84 Å². The van der Waals surface area contributed by atoms with Gasteiger partial charge >= 0.3 is 0 Å². The smallest absolute Gasteiger partial charge is 0.107 e. The van der Waals surface area contributed by atoms with Crippen LogP contribution in [-0.2, 0) is 0 Å². The van der Waals surface area contributed by atoms with Gasteiger partial charge in [0.1, 0.15) is 7.28 Å². The van der Waals surface area contributed by atoms with Crippen molar-refractivity contribution >= 4 is 7.28 Å². The Balaban J connectivity index is 2.45. The van der Waals surface area contributed by atoms with Gasteiger partial charge in [0.25, 0.3) is 0 Å². The lowest BCUT2D eigenvalue weighted by Gasteiger charge is -1.96. The molecule has 0 rings (SSSR count). The lowest BCUT2D eigenvalue weighted by Crippen LogP contribution is -2.38. The maximum atomic E-state index is 4.89. The molecule has 4 heteroatoms. The lowest BCUT2D eigenvalue weighted by atomic mass is 9.78. The normalized spacial score (nSPS) is 8.86. The molecule has 3 nitrogen and oxygen atoms in total. The van der Waals surface area contributed by atoms with Gasteiger partial charge in [-0.3, -0.25) is 5.84 Å². The number of hydrogen-bond acceptors (Lipinski definition) is 3. The van der Waals surface area contributed by atoms with Crippen molar-refractivity contribution in [1.29, 1.82) is 0 Å². The quantitative estimate of drug-likeness (QED) is 0.186. The molecule has 0 aromatic heterocycles. The maximum Gasteiger partial charge on any atom is 0.107 e. The first-order valence-corrected chi connectivity index (χ1v) is 2.38. The van der Waals surface area contributed by atoms with Crippen molar-refractivity contribution in [3.05, 3.63) is 0 Å². The highest BCUT2D eigenvalue weighted by molar-refractivity contribution is 6.33. The molecule has 0 aliphatic carbocycles. The van der Waals surface area contributed by atoms with E-state index in [4.69, 9.17) is 5.84 Å². The van der Waals surface area contributed by atoms with Crippen LogP contribution >= 0.6 is 0 Å². The van der Waals surface area contributed by atoms with Crippen LogP contribution in [-0.4, -0.2) is 13.8 Å². The number of nitrogens with one attached hydrogen (secondary N) is 2. The topological polar surface area (TPSA) is 50.1 Å². The number of nitrogens with two attached hydrogens (primary N) is 1. The van der Waals surface area contributed by atoms with Crippen molar-refractivity contribution in [2.45, 2.75) is 13.1 Å². The van der Waals surface area contributed by atoms with Gasteiger partial charge in [0.15, 0.2) is 0 Å². The van der Waals surface area contributed by atoms with Crippen molar-refractivity contribution in [3.63, 3.8) is 0 Å². The fourth-order valence-corrected chi connectivity index (χ4v) is 0.289. The molecule has 0 saturated carbocycles. The van der Waals surface area contributed by atoms with E-state index in [-0.39, 0.29) is 0 Å². The molecule has 0 unspecified atom stereocenters. The summed E-state index contributed by atoms with van der Waals surface area (Å²) < 4.78 is 0. The van der Waals surface area contributed by atoms with E-state index in [2.05, 4.69) is 18.2 Å². The molecular weight excluding hydrogens is 88.9 g/mol. The molecule has 0 amide bonds. The predicted octanol–water partition coefficient (Wildman–Crippen LogP) is -0.875. The number of hydrogen-bond donors (Lipinski definition) is 3. The molecule has 0 fully saturated rings. The highest BCUT2D eigenvalue weighted by atomic mass is 15.5. The van der Waals surface area contributed by atoms with Crippen LogP contribution < -0.4 is 16.8 Å². The van der Waals surface area contributed by atoms with Crippen LogP contribution in [0.3, 0.4) is 0 Å². The Hall–Kier alpha value is -0.0551. The summed E-state index contributed by atoms with van der Waals surface area (Å²) in [6, 6.07) is 0. The highest BCUT2D eigenvalue weighted by Crippen LogP contribution is 1.68. The number of rotatable bonds is 4. The molecule has 7 heavy (non-hydrogen) atoms. The Kier molecular flexibility index (Phi) is 5.90. The average Bonchev–Trinajstić information content (AvgIpc) is 1.69. The molecule has 0 heterocycles. The third-order valence-corrected chi connectivity index (χ3v) is 0.660. The molecule has 0 aromatic carbocycles. The molecule has 0 bridgehead atoms. The first-order valence-electron chi connectivity index (χ1n) is 2.38. The summed E-state index contributed by atoms with van der Waals surface area (Å²) in [5.41, 5.74) is 5.08. The summed E-state index contributed by atoms with van der Waals surface area (Å²) >= 11 is 0. The summed E-state index contributed by atoms with van der Waals surface area (Å²) in [6.07, 6.45) is 1.05. The van der Waals surface area contributed by atoms with E-state index < -0.39 is 0 Å². The largest absolute Gasteiger partial charge is 0.258 e.